The molecule has 0 aromatic carbocycles. The molecule has 1 N–H and O–H groups in total. The molecule has 0 radical (unpaired) electrons. The molecule has 1 saturated heterocycles. The molecule has 1 aromatic heterocycles. The molecule has 1 aliphatic heterocycles. The molecule has 1 unspecified atom stereocenters. The van der Waals surface area contributed by atoms with E-state index in [1.54, 1.807) is 12.3 Å². The molecule has 1 aromatic rings. The van der Waals surface area contributed by atoms with Crippen molar-refractivity contribution < 1.29 is 4.39 Å². The summed E-state index contributed by atoms with van der Waals surface area (Å²) in [4.78, 5) is 6.29. The van der Waals surface area contributed by atoms with Crippen LogP contribution in [-0.4, -0.2) is 35.6 Å². The van der Waals surface area contributed by atoms with Crippen LogP contribution in [0.25, 0.3) is 0 Å². The number of nitrogens with one attached hydrogen (secondary N) is 1. The Morgan fingerprint density at radius 1 is 1.53 bits per heavy atom. The van der Waals surface area contributed by atoms with E-state index in [2.05, 4.69) is 22.1 Å². The van der Waals surface area contributed by atoms with Crippen molar-refractivity contribution in [3.05, 3.63) is 29.8 Å². The van der Waals surface area contributed by atoms with Crippen molar-refractivity contribution in [3.63, 3.8) is 0 Å². The number of hydrogen-bond donors (Lipinski definition) is 1. The van der Waals surface area contributed by atoms with E-state index in [0.29, 0.717) is 6.04 Å². The number of piperidine rings is 1. The van der Waals surface area contributed by atoms with Crippen LogP contribution >= 0.6 is 0 Å². The molecule has 1 atom stereocenters. The lowest BCUT2D eigenvalue weighted by atomic mass is 10.1. The van der Waals surface area contributed by atoms with Gasteiger partial charge >= 0.3 is 0 Å². The topological polar surface area (TPSA) is 28.2 Å². The Morgan fingerprint density at radius 2 is 2.41 bits per heavy atom. The minimum Gasteiger partial charge on any atom is -0.315 e. The number of aromatic nitrogens is 1. The molecule has 0 amide bonds. The van der Waals surface area contributed by atoms with Gasteiger partial charge in [-0.25, -0.2) is 4.39 Å². The van der Waals surface area contributed by atoms with Crippen molar-refractivity contribution in [1.29, 1.82) is 0 Å². The first-order valence-electron chi connectivity index (χ1n) is 6.33. The first-order chi connectivity index (χ1) is 8.29. The zero-order valence-corrected chi connectivity index (χ0v) is 10.3. The summed E-state index contributed by atoms with van der Waals surface area (Å²) < 4.78 is 13.1. The number of halogens is 1. The van der Waals surface area contributed by atoms with Crippen LogP contribution in [0.15, 0.2) is 18.5 Å². The predicted molar refractivity (Wildman–Crippen MR) is 66.2 cm³/mol. The van der Waals surface area contributed by atoms with Crippen molar-refractivity contribution in [2.45, 2.75) is 32.4 Å². The van der Waals surface area contributed by atoms with Crippen molar-refractivity contribution in [2.24, 2.45) is 0 Å². The van der Waals surface area contributed by atoms with Gasteiger partial charge in [-0.3, -0.25) is 9.88 Å². The molecule has 4 heteroatoms. The fraction of sp³-hybridized carbons (Fsp3) is 0.615. The Hall–Kier alpha value is -1.00. The van der Waals surface area contributed by atoms with Gasteiger partial charge in [0.1, 0.15) is 5.82 Å². The quantitative estimate of drug-likeness (QED) is 0.865. The third-order valence-corrected chi connectivity index (χ3v) is 3.34. The van der Waals surface area contributed by atoms with E-state index >= 15 is 0 Å². The molecular weight excluding hydrogens is 217 g/mol. The number of nitrogens with zero attached hydrogens (tertiary/aromatic N) is 2. The Balaban J connectivity index is 1.98. The second-order valence-corrected chi connectivity index (χ2v) is 4.57. The van der Waals surface area contributed by atoms with Crippen molar-refractivity contribution in [3.8, 4) is 0 Å². The average Bonchev–Trinajstić information content (AvgIpc) is 2.37. The van der Waals surface area contributed by atoms with Crippen LogP contribution in [0.5, 0.6) is 0 Å². The van der Waals surface area contributed by atoms with E-state index in [4.69, 9.17) is 0 Å². The highest BCUT2D eigenvalue weighted by atomic mass is 19.1. The number of rotatable bonds is 4. The van der Waals surface area contributed by atoms with E-state index in [1.807, 2.05) is 0 Å². The fourth-order valence-electron chi connectivity index (χ4n) is 2.42. The molecule has 1 fully saturated rings. The smallest absolute Gasteiger partial charge is 0.141 e. The van der Waals surface area contributed by atoms with Gasteiger partial charge in [0.05, 0.1) is 6.20 Å². The van der Waals surface area contributed by atoms with Crippen LogP contribution in [0.3, 0.4) is 0 Å². The lowest BCUT2D eigenvalue weighted by Gasteiger charge is -2.33. The lowest BCUT2D eigenvalue weighted by molar-refractivity contribution is 0.166. The zero-order valence-electron chi connectivity index (χ0n) is 10.3. The van der Waals surface area contributed by atoms with Gasteiger partial charge in [-0.1, -0.05) is 6.92 Å². The average molecular weight is 237 g/mol. The van der Waals surface area contributed by atoms with Gasteiger partial charge < -0.3 is 5.32 Å². The molecule has 1 aliphatic rings. The summed E-state index contributed by atoms with van der Waals surface area (Å²) in [5, 5.41) is 3.42. The number of pyridine rings is 1. The van der Waals surface area contributed by atoms with E-state index in [0.717, 1.165) is 31.7 Å². The number of likely N-dealkylation sites (N-methyl/N-ethyl adjacent to an activating group) is 1. The van der Waals surface area contributed by atoms with Gasteiger partial charge in [0.25, 0.3) is 0 Å². The maximum Gasteiger partial charge on any atom is 0.141 e. The van der Waals surface area contributed by atoms with Crippen molar-refractivity contribution >= 4 is 0 Å². The fourth-order valence-corrected chi connectivity index (χ4v) is 2.42. The molecule has 17 heavy (non-hydrogen) atoms. The molecule has 0 aliphatic carbocycles. The summed E-state index contributed by atoms with van der Waals surface area (Å²) in [5.74, 6) is -0.250. The monoisotopic (exact) mass is 237 g/mol. The number of hydrogen-bond acceptors (Lipinski definition) is 3. The van der Waals surface area contributed by atoms with Gasteiger partial charge in [0.2, 0.25) is 0 Å². The first kappa shape index (κ1) is 12.5. The molecule has 2 heterocycles. The summed E-state index contributed by atoms with van der Waals surface area (Å²) in [6.07, 6.45) is 5.45. The molecule has 0 bridgehead atoms. The SMILES string of the molecule is CCN(Cc1cncc(F)c1)C1CCCNC1. The van der Waals surface area contributed by atoms with Crippen LogP contribution in [0.1, 0.15) is 25.3 Å². The lowest BCUT2D eigenvalue weighted by Crippen LogP contribution is -2.45. The van der Waals surface area contributed by atoms with Crippen molar-refractivity contribution in [1.82, 2.24) is 15.2 Å². The van der Waals surface area contributed by atoms with E-state index in [-0.39, 0.29) is 5.82 Å². The van der Waals surface area contributed by atoms with Crippen molar-refractivity contribution in [2.75, 3.05) is 19.6 Å². The van der Waals surface area contributed by atoms with Crippen LogP contribution in [0.2, 0.25) is 0 Å². The third kappa shape index (κ3) is 3.48. The second-order valence-electron chi connectivity index (χ2n) is 4.57. The van der Waals surface area contributed by atoms with Crippen LogP contribution in [0.4, 0.5) is 4.39 Å². The largest absolute Gasteiger partial charge is 0.315 e. The first-order valence-corrected chi connectivity index (χ1v) is 6.33. The highest BCUT2D eigenvalue weighted by Gasteiger charge is 2.19. The van der Waals surface area contributed by atoms with Crippen LogP contribution < -0.4 is 5.32 Å². The van der Waals surface area contributed by atoms with Gasteiger partial charge in [-0.2, -0.15) is 0 Å². The molecule has 94 valence electrons. The minimum atomic E-state index is -0.250. The summed E-state index contributed by atoms with van der Waals surface area (Å²) in [6.45, 7) is 6.09. The normalized spacial score (nSPS) is 20.8. The maximum atomic E-state index is 13.1. The maximum absolute atomic E-state index is 13.1. The van der Waals surface area contributed by atoms with Gasteiger partial charge in [0, 0.05) is 25.3 Å². The summed E-state index contributed by atoms with van der Waals surface area (Å²) in [7, 11) is 0. The van der Waals surface area contributed by atoms with Gasteiger partial charge in [0.15, 0.2) is 0 Å². The summed E-state index contributed by atoms with van der Waals surface area (Å²) >= 11 is 0. The van der Waals surface area contributed by atoms with Gasteiger partial charge in [-0.05, 0) is 37.6 Å². The Bertz CT molecular complexity index is 350. The highest BCUT2D eigenvalue weighted by molar-refractivity contribution is 5.10. The standard InChI is InChI=1S/C13H20FN3/c1-2-17(13-4-3-5-15-9-13)10-11-6-12(14)8-16-7-11/h6-8,13,15H,2-5,9-10H2,1H3. The predicted octanol–water partition coefficient (Wildman–Crippen LogP) is 1.79. The van der Waals surface area contributed by atoms with Crippen LogP contribution in [0, 0.1) is 5.82 Å². The second kappa shape index (κ2) is 6.07. The Morgan fingerprint density at radius 3 is 3.06 bits per heavy atom. The minimum absolute atomic E-state index is 0.250. The summed E-state index contributed by atoms with van der Waals surface area (Å²) in [5.41, 5.74) is 0.956. The molecule has 0 spiro atoms. The van der Waals surface area contributed by atoms with E-state index < -0.39 is 0 Å². The third-order valence-electron chi connectivity index (χ3n) is 3.34. The van der Waals surface area contributed by atoms with Gasteiger partial charge in [-0.15, -0.1) is 0 Å². The van der Waals surface area contributed by atoms with E-state index in [1.165, 1.54) is 19.0 Å². The molecule has 2 rings (SSSR count). The highest BCUT2D eigenvalue weighted by Crippen LogP contribution is 2.14. The Labute approximate surface area is 102 Å². The molecular formula is C13H20FN3. The van der Waals surface area contributed by atoms with E-state index in [9.17, 15) is 4.39 Å². The van der Waals surface area contributed by atoms with Crippen LogP contribution in [-0.2, 0) is 6.54 Å². The summed E-state index contributed by atoms with van der Waals surface area (Å²) in [6, 6.07) is 2.14. The molecule has 0 saturated carbocycles. The Kier molecular flexibility index (Phi) is 4.45. The molecule has 3 nitrogen and oxygen atoms in total. The zero-order chi connectivity index (χ0) is 12.1.